The molecule has 0 saturated heterocycles. The lowest BCUT2D eigenvalue weighted by Gasteiger charge is -2.26. The van der Waals surface area contributed by atoms with Crippen LogP contribution in [0.2, 0.25) is 0 Å². The Morgan fingerprint density at radius 3 is 2.40 bits per heavy atom. The van der Waals surface area contributed by atoms with Crippen LogP contribution in [0.3, 0.4) is 0 Å². The molecule has 1 heterocycles. The highest BCUT2D eigenvalue weighted by Gasteiger charge is 2.33. The fourth-order valence-electron chi connectivity index (χ4n) is 4.14. The molecule has 3 aromatic rings. The third-order valence-electron chi connectivity index (χ3n) is 5.21. The van der Waals surface area contributed by atoms with Crippen LogP contribution in [0.25, 0.3) is 27.7 Å². The minimum Gasteiger partial charge on any atom is -0.494 e. The van der Waals surface area contributed by atoms with E-state index in [0.29, 0.717) is 6.61 Å². The van der Waals surface area contributed by atoms with Gasteiger partial charge < -0.3 is 14.2 Å². The van der Waals surface area contributed by atoms with E-state index in [4.69, 9.17) is 14.2 Å². The Kier molecular flexibility index (Phi) is 3.04. The zero-order valence-electron chi connectivity index (χ0n) is 14.3. The number of benzene rings is 3. The lowest BCUT2D eigenvalue weighted by atomic mass is 9.90. The summed E-state index contributed by atoms with van der Waals surface area (Å²) in [5.41, 5.74) is 6.18. The van der Waals surface area contributed by atoms with Crippen molar-refractivity contribution in [2.24, 2.45) is 0 Å². The van der Waals surface area contributed by atoms with Gasteiger partial charge in [0.2, 0.25) is 0 Å². The lowest BCUT2D eigenvalue weighted by molar-refractivity contribution is 0.197. The van der Waals surface area contributed by atoms with Crippen molar-refractivity contribution in [1.29, 1.82) is 0 Å². The van der Waals surface area contributed by atoms with Crippen LogP contribution in [0.1, 0.15) is 16.7 Å². The van der Waals surface area contributed by atoms with Gasteiger partial charge in [-0.05, 0) is 28.5 Å². The minimum atomic E-state index is 0.386. The largest absolute Gasteiger partial charge is 0.494 e. The SMILES string of the molecule is COC1=C(OC)c2c3c(c4ccccc4c2OC1)Cc1ccccc1-3. The topological polar surface area (TPSA) is 27.7 Å². The van der Waals surface area contributed by atoms with E-state index in [1.165, 1.54) is 27.6 Å². The molecule has 0 unspecified atom stereocenters. The Bertz CT molecular complexity index is 1050. The number of rotatable bonds is 2. The highest BCUT2D eigenvalue weighted by atomic mass is 16.5. The summed E-state index contributed by atoms with van der Waals surface area (Å²) in [6.07, 6.45) is 0.929. The molecule has 0 radical (unpaired) electrons. The van der Waals surface area contributed by atoms with Gasteiger partial charge in [-0.2, -0.15) is 0 Å². The molecule has 0 bridgehead atoms. The standard InChI is InChI=1S/C22H18O3/c1-23-18-12-25-21-16-10-6-5-9-15(16)17-11-13-7-3-4-8-14(13)19(17)20(21)22(18)24-2/h3-10H,11-12H2,1-2H3. The van der Waals surface area contributed by atoms with E-state index in [2.05, 4.69) is 48.5 Å². The molecule has 0 aromatic heterocycles. The molecular weight excluding hydrogens is 312 g/mol. The summed E-state index contributed by atoms with van der Waals surface area (Å²) in [7, 11) is 3.36. The fraction of sp³-hybridized carbons (Fsp3) is 0.182. The van der Waals surface area contributed by atoms with Crippen LogP contribution in [-0.4, -0.2) is 20.8 Å². The van der Waals surface area contributed by atoms with Gasteiger partial charge in [0.05, 0.1) is 19.8 Å². The van der Waals surface area contributed by atoms with Crippen molar-refractivity contribution in [2.45, 2.75) is 6.42 Å². The van der Waals surface area contributed by atoms with Crippen LogP contribution in [0.5, 0.6) is 5.75 Å². The lowest BCUT2D eigenvalue weighted by Crippen LogP contribution is -2.15. The van der Waals surface area contributed by atoms with Crippen LogP contribution in [0, 0.1) is 0 Å². The Balaban J connectivity index is 1.97. The van der Waals surface area contributed by atoms with Crippen LogP contribution in [0.15, 0.2) is 54.3 Å². The fourth-order valence-corrected chi connectivity index (χ4v) is 4.14. The molecule has 1 aliphatic carbocycles. The molecule has 0 saturated carbocycles. The summed E-state index contributed by atoms with van der Waals surface area (Å²) in [6, 6.07) is 17.0. The van der Waals surface area contributed by atoms with Crippen molar-refractivity contribution in [2.75, 3.05) is 20.8 Å². The predicted octanol–water partition coefficient (Wildman–Crippen LogP) is 4.76. The van der Waals surface area contributed by atoms with Crippen LogP contribution < -0.4 is 4.74 Å². The summed E-state index contributed by atoms with van der Waals surface area (Å²) in [6.45, 7) is 0.386. The first-order valence-corrected chi connectivity index (χ1v) is 8.43. The van der Waals surface area contributed by atoms with Crippen LogP contribution >= 0.6 is 0 Å². The number of hydrogen-bond acceptors (Lipinski definition) is 3. The zero-order valence-corrected chi connectivity index (χ0v) is 14.3. The second-order valence-corrected chi connectivity index (χ2v) is 6.39. The summed E-state index contributed by atoms with van der Waals surface area (Å²) in [4.78, 5) is 0. The molecule has 2 aliphatic rings. The quantitative estimate of drug-likeness (QED) is 0.530. The average Bonchev–Trinajstić information content (AvgIpc) is 3.06. The molecule has 124 valence electrons. The van der Waals surface area contributed by atoms with Crippen molar-refractivity contribution >= 4 is 16.5 Å². The van der Waals surface area contributed by atoms with Crippen molar-refractivity contribution in [1.82, 2.24) is 0 Å². The molecule has 3 nitrogen and oxygen atoms in total. The van der Waals surface area contributed by atoms with Gasteiger partial charge >= 0.3 is 0 Å². The molecule has 0 spiro atoms. The minimum absolute atomic E-state index is 0.386. The van der Waals surface area contributed by atoms with Gasteiger partial charge in [0.15, 0.2) is 11.5 Å². The summed E-state index contributed by atoms with van der Waals surface area (Å²) >= 11 is 0. The monoisotopic (exact) mass is 330 g/mol. The maximum absolute atomic E-state index is 6.15. The second-order valence-electron chi connectivity index (χ2n) is 6.39. The van der Waals surface area contributed by atoms with Crippen LogP contribution in [-0.2, 0) is 15.9 Å². The molecule has 5 rings (SSSR count). The van der Waals surface area contributed by atoms with E-state index in [1.807, 2.05) is 0 Å². The van der Waals surface area contributed by atoms with Crippen molar-refractivity contribution < 1.29 is 14.2 Å². The average molecular weight is 330 g/mol. The number of fused-ring (bicyclic) bond motifs is 8. The van der Waals surface area contributed by atoms with E-state index in [1.54, 1.807) is 14.2 Å². The van der Waals surface area contributed by atoms with Crippen molar-refractivity contribution in [3.8, 4) is 16.9 Å². The van der Waals surface area contributed by atoms with E-state index < -0.39 is 0 Å². The number of methoxy groups -OCH3 is 2. The predicted molar refractivity (Wildman–Crippen MR) is 98.6 cm³/mol. The van der Waals surface area contributed by atoms with Gasteiger partial charge in [0.25, 0.3) is 0 Å². The summed E-state index contributed by atoms with van der Waals surface area (Å²) in [5, 5.41) is 2.39. The smallest absolute Gasteiger partial charge is 0.176 e. The Morgan fingerprint density at radius 1 is 0.840 bits per heavy atom. The number of hydrogen-bond donors (Lipinski definition) is 0. The molecule has 0 amide bonds. The first-order chi connectivity index (χ1) is 12.3. The molecule has 0 atom stereocenters. The summed E-state index contributed by atoms with van der Waals surface area (Å²) < 4.78 is 17.5. The molecule has 1 aliphatic heterocycles. The molecule has 25 heavy (non-hydrogen) atoms. The number of ether oxygens (including phenoxy) is 3. The highest BCUT2D eigenvalue weighted by Crippen LogP contribution is 2.51. The second kappa shape index (κ2) is 5.28. The molecular formula is C22H18O3. The van der Waals surface area contributed by atoms with E-state index >= 15 is 0 Å². The van der Waals surface area contributed by atoms with Gasteiger partial charge in [-0.3, -0.25) is 0 Å². The van der Waals surface area contributed by atoms with E-state index in [-0.39, 0.29) is 0 Å². The van der Waals surface area contributed by atoms with Gasteiger partial charge in [-0.1, -0.05) is 48.5 Å². The van der Waals surface area contributed by atoms with Crippen molar-refractivity contribution in [3.05, 3.63) is 71.0 Å². The van der Waals surface area contributed by atoms with Crippen molar-refractivity contribution in [3.63, 3.8) is 0 Å². The Morgan fingerprint density at radius 2 is 1.60 bits per heavy atom. The normalized spacial score (nSPS) is 14.6. The zero-order chi connectivity index (χ0) is 17.0. The molecule has 3 heteroatoms. The maximum Gasteiger partial charge on any atom is 0.176 e. The Labute approximate surface area is 146 Å². The first kappa shape index (κ1) is 14.4. The van der Waals surface area contributed by atoms with Crippen LogP contribution in [0.4, 0.5) is 0 Å². The van der Waals surface area contributed by atoms with Gasteiger partial charge in [0.1, 0.15) is 12.4 Å². The Hall–Kier alpha value is -2.94. The first-order valence-electron chi connectivity index (χ1n) is 8.43. The van der Waals surface area contributed by atoms with Gasteiger partial charge in [-0.15, -0.1) is 0 Å². The van der Waals surface area contributed by atoms with Gasteiger partial charge in [0, 0.05) is 10.9 Å². The highest BCUT2D eigenvalue weighted by molar-refractivity contribution is 6.05. The molecule has 3 aromatic carbocycles. The maximum atomic E-state index is 6.15. The summed E-state index contributed by atoms with van der Waals surface area (Å²) in [5.74, 6) is 2.41. The molecule has 0 fully saturated rings. The molecule has 0 N–H and O–H groups in total. The third-order valence-corrected chi connectivity index (χ3v) is 5.21. The van der Waals surface area contributed by atoms with E-state index in [0.717, 1.165) is 34.6 Å². The third kappa shape index (κ3) is 1.86. The van der Waals surface area contributed by atoms with Gasteiger partial charge in [-0.25, -0.2) is 0 Å². The van der Waals surface area contributed by atoms with E-state index in [9.17, 15) is 0 Å².